The second-order valence-electron chi connectivity index (χ2n) is 4.84. The Kier molecular flexibility index (Phi) is 9.28. The smallest absolute Gasteiger partial charge is 0.191 e. The Hall–Kier alpha value is -1.56. The maximum Gasteiger partial charge on any atom is 0.191 e. The summed E-state index contributed by atoms with van der Waals surface area (Å²) in [6.45, 7) is 13.2. The fourth-order valence-corrected chi connectivity index (χ4v) is 2.07. The third kappa shape index (κ3) is 7.70. The van der Waals surface area contributed by atoms with Crippen molar-refractivity contribution in [2.45, 2.75) is 33.7 Å². The second-order valence-corrected chi connectivity index (χ2v) is 4.84. The summed E-state index contributed by atoms with van der Waals surface area (Å²) < 4.78 is 1.94. The lowest BCUT2D eigenvalue weighted by molar-refractivity contribution is 0.308. The van der Waals surface area contributed by atoms with Gasteiger partial charge in [0.05, 0.1) is 0 Å². The van der Waals surface area contributed by atoms with E-state index in [-0.39, 0.29) is 0 Å². The lowest BCUT2D eigenvalue weighted by atomic mass is 10.4. The van der Waals surface area contributed by atoms with Crippen LogP contribution in [0.15, 0.2) is 23.5 Å². The van der Waals surface area contributed by atoms with Crippen molar-refractivity contribution in [3.63, 3.8) is 0 Å². The van der Waals surface area contributed by atoms with E-state index in [9.17, 15) is 0 Å². The average Bonchev–Trinajstić information content (AvgIpc) is 3.01. The van der Waals surface area contributed by atoms with Gasteiger partial charge < -0.3 is 15.5 Å². The molecule has 0 aliphatic heterocycles. The highest BCUT2D eigenvalue weighted by atomic mass is 15.3. The molecule has 2 N–H and O–H groups in total. The van der Waals surface area contributed by atoms with Gasteiger partial charge in [0.15, 0.2) is 5.96 Å². The predicted octanol–water partition coefficient (Wildman–Crippen LogP) is 1.17. The van der Waals surface area contributed by atoms with Crippen molar-refractivity contribution in [2.75, 3.05) is 39.3 Å². The molecule has 0 spiro atoms. The Morgan fingerprint density at radius 1 is 1.24 bits per heavy atom. The molecular weight excluding hydrogens is 264 g/mol. The molecular formula is C15H30N6. The number of guanidine groups is 1. The van der Waals surface area contributed by atoms with Gasteiger partial charge in [-0.15, -0.1) is 0 Å². The number of aryl methyl sites for hydroxylation is 1. The summed E-state index contributed by atoms with van der Waals surface area (Å²) >= 11 is 0. The second kappa shape index (κ2) is 11.1. The molecule has 0 aliphatic rings. The van der Waals surface area contributed by atoms with Crippen LogP contribution in [0.4, 0.5) is 0 Å². The van der Waals surface area contributed by atoms with Crippen molar-refractivity contribution in [3.8, 4) is 0 Å². The van der Waals surface area contributed by atoms with Gasteiger partial charge in [0.1, 0.15) is 0 Å². The third-order valence-electron chi connectivity index (χ3n) is 3.33. The summed E-state index contributed by atoms with van der Waals surface area (Å²) in [5.41, 5.74) is 0. The van der Waals surface area contributed by atoms with E-state index in [1.807, 2.05) is 23.1 Å². The Morgan fingerprint density at radius 2 is 2.05 bits per heavy atom. The molecule has 0 unspecified atom stereocenters. The summed E-state index contributed by atoms with van der Waals surface area (Å²) in [5, 5.41) is 10.9. The molecule has 0 aromatic carbocycles. The zero-order chi connectivity index (χ0) is 15.3. The lowest BCUT2D eigenvalue weighted by Crippen LogP contribution is -2.41. The zero-order valence-corrected chi connectivity index (χ0v) is 13.7. The van der Waals surface area contributed by atoms with E-state index >= 15 is 0 Å². The molecule has 0 fully saturated rings. The molecule has 0 aliphatic carbocycles. The Bertz CT molecular complexity index is 370. The van der Waals surface area contributed by atoms with Crippen LogP contribution in [-0.2, 0) is 6.54 Å². The average molecular weight is 294 g/mol. The van der Waals surface area contributed by atoms with E-state index in [4.69, 9.17) is 0 Å². The van der Waals surface area contributed by atoms with Crippen LogP contribution in [-0.4, -0.2) is 59.9 Å². The molecule has 0 saturated carbocycles. The fourth-order valence-electron chi connectivity index (χ4n) is 2.07. The maximum absolute atomic E-state index is 4.60. The molecule has 0 saturated heterocycles. The van der Waals surface area contributed by atoms with Gasteiger partial charge in [0.25, 0.3) is 0 Å². The summed E-state index contributed by atoms with van der Waals surface area (Å²) in [6.07, 6.45) is 4.79. The van der Waals surface area contributed by atoms with E-state index in [1.54, 1.807) is 0 Å². The lowest BCUT2D eigenvalue weighted by Gasteiger charge is -2.19. The van der Waals surface area contributed by atoms with Gasteiger partial charge in [0.2, 0.25) is 0 Å². The van der Waals surface area contributed by atoms with Gasteiger partial charge in [0, 0.05) is 45.1 Å². The van der Waals surface area contributed by atoms with E-state index in [2.05, 4.69) is 46.4 Å². The van der Waals surface area contributed by atoms with Gasteiger partial charge in [-0.1, -0.05) is 13.8 Å². The van der Waals surface area contributed by atoms with Crippen molar-refractivity contribution in [1.29, 1.82) is 0 Å². The molecule has 0 bridgehead atoms. The normalized spacial score (nSPS) is 11.9. The van der Waals surface area contributed by atoms with Crippen molar-refractivity contribution >= 4 is 5.96 Å². The minimum absolute atomic E-state index is 0.806. The van der Waals surface area contributed by atoms with Crippen LogP contribution < -0.4 is 10.6 Å². The monoisotopic (exact) mass is 294 g/mol. The number of nitrogens with one attached hydrogen (secondary N) is 2. The first kappa shape index (κ1) is 17.5. The maximum atomic E-state index is 4.60. The highest BCUT2D eigenvalue weighted by Crippen LogP contribution is 1.90. The number of rotatable bonds is 10. The van der Waals surface area contributed by atoms with Gasteiger partial charge in [-0.2, -0.15) is 5.10 Å². The molecule has 6 heteroatoms. The summed E-state index contributed by atoms with van der Waals surface area (Å²) in [4.78, 5) is 6.99. The molecule has 120 valence electrons. The van der Waals surface area contributed by atoms with Crippen LogP contribution in [0.25, 0.3) is 0 Å². The molecule has 0 amide bonds. The van der Waals surface area contributed by atoms with Crippen LogP contribution in [0, 0.1) is 0 Å². The van der Waals surface area contributed by atoms with E-state index in [0.29, 0.717) is 0 Å². The van der Waals surface area contributed by atoms with Crippen molar-refractivity contribution in [3.05, 3.63) is 18.5 Å². The minimum atomic E-state index is 0.806. The number of nitrogens with zero attached hydrogens (tertiary/aromatic N) is 4. The molecule has 6 nitrogen and oxygen atoms in total. The van der Waals surface area contributed by atoms with Gasteiger partial charge in [-0.25, -0.2) is 0 Å². The van der Waals surface area contributed by atoms with E-state index < -0.39 is 0 Å². The molecule has 1 heterocycles. The Morgan fingerprint density at radius 3 is 2.67 bits per heavy atom. The predicted molar refractivity (Wildman–Crippen MR) is 88.6 cm³/mol. The van der Waals surface area contributed by atoms with E-state index in [1.165, 1.54) is 0 Å². The van der Waals surface area contributed by atoms with Crippen molar-refractivity contribution < 1.29 is 0 Å². The van der Waals surface area contributed by atoms with Crippen molar-refractivity contribution in [1.82, 2.24) is 25.3 Å². The SMILES string of the molecule is CCNC(=NCCCn1cccn1)NCCN(CC)CC. The molecule has 21 heavy (non-hydrogen) atoms. The topological polar surface area (TPSA) is 57.5 Å². The van der Waals surface area contributed by atoms with Gasteiger partial charge in [-0.3, -0.25) is 9.67 Å². The third-order valence-corrected chi connectivity index (χ3v) is 3.33. The number of likely N-dealkylation sites (N-methyl/N-ethyl adjacent to an activating group) is 1. The zero-order valence-electron chi connectivity index (χ0n) is 13.7. The summed E-state index contributed by atoms with van der Waals surface area (Å²) in [5.74, 6) is 0.908. The molecule has 1 aromatic heterocycles. The van der Waals surface area contributed by atoms with Crippen molar-refractivity contribution in [2.24, 2.45) is 4.99 Å². The van der Waals surface area contributed by atoms with Crippen LogP contribution in [0.3, 0.4) is 0 Å². The first-order valence-electron chi connectivity index (χ1n) is 8.02. The summed E-state index contributed by atoms with van der Waals surface area (Å²) in [7, 11) is 0. The fraction of sp³-hybridized carbons (Fsp3) is 0.733. The molecule has 1 aromatic rings. The minimum Gasteiger partial charge on any atom is -0.357 e. The first-order valence-corrected chi connectivity index (χ1v) is 8.02. The number of hydrogen-bond donors (Lipinski definition) is 2. The number of aromatic nitrogens is 2. The highest BCUT2D eigenvalue weighted by molar-refractivity contribution is 5.79. The quantitative estimate of drug-likeness (QED) is 0.386. The van der Waals surface area contributed by atoms with Gasteiger partial charge in [-0.05, 0) is 32.5 Å². The van der Waals surface area contributed by atoms with E-state index in [0.717, 1.165) is 58.2 Å². The largest absolute Gasteiger partial charge is 0.357 e. The Labute approximate surface area is 128 Å². The first-order chi connectivity index (χ1) is 10.3. The van der Waals surface area contributed by atoms with Gasteiger partial charge >= 0.3 is 0 Å². The molecule has 0 atom stereocenters. The molecule has 1 rings (SSSR count). The number of hydrogen-bond acceptors (Lipinski definition) is 3. The Balaban J connectivity index is 2.25. The molecule has 0 radical (unpaired) electrons. The van der Waals surface area contributed by atoms with Crippen LogP contribution in [0.5, 0.6) is 0 Å². The van der Waals surface area contributed by atoms with Crippen LogP contribution in [0.2, 0.25) is 0 Å². The van der Waals surface area contributed by atoms with Crippen LogP contribution in [0.1, 0.15) is 27.2 Å². The number of aliphatic imine (C=N–C) groups is 1. The van der Waals surface area contributed by atoms with Crippen LogP contribution >= 0.6 is 0 Å². The standard InChI is InChI=1S/C15H30N6/c1-4-16-15(18-11-14-20(5-2)6-3)17-9-7-12-21-13-8-10-19-21/h8,10,13H,4-7,9,11-12,14H2,1-3H3,(H2,16,17,18). The summed E-state index contributed by atoms with van der Waals surface area (Å²) in [6, 6.07) is 1.95. The highest BCUT2D eigenvalue weighted by Gasteiger charge is 2.00.